The van der Waals surface area contributed by atoms with Crippen molar-refractivity contribution in [1.29, 1.82) is 0 Å². The second-order valence-electron chi connectivity index (χ2n) is 4.66. The van der Waals surface area contributed by atoms with Gasteiger partial charge in [0.15, 0.2) is 11.5 Å². The second-order valence-corrected chi connectivity index (χ2v) is 5.10. The molecule has 0 bridgehead atoms. The monoisotopic (exact) mass is 346 g/mol. The zero-order valence-electron chi connectivity index (χ0n) is 13.1. The third-order valence-corrected chi connectivity index (χ3v) is 3.33. The molecule has 0 fully saturated rings. The molecule has 2 aromatic rings. The van der Waals surface area contributed by atoms with Gasteiger partial charge in [-0.2, -0.15) is 0 Å². The normalized spacial score (nSPS) is 10.5. The summed E-state index contributed by atoms with van der Waals surface area (Å²) in [7, 11) is 2.70. The molecule has 0 atom stereocenters. The highest BCUT2D eigenvalue weighted by Gasteiger charge is 2.13. The Morgan fingerprint density at radius 1 is 1.00 bits per heavy atom. The maximum absolute atomic E-state index is 11.9. The number of benzene rings is 2. The lowest BCUT2D eigenvalue weighted by Gasteiger charge is -2.09. The zero-order valence-corrected chi connectivity index (χ0v) is 13.9. The van der Waals surface area contributed by atoms with Crippen LogP contribution < -0.4 is 9.47 Å². The average Bonchev–Trinajstić information content (AvgIpc) is 2.60. The van der Waals surface area contributed by atoms with Gasteiger partial charge in [-0.15, -0.1) is 0 Å². The van der Waals surface area contributed by atoms with Crippen molar-refractivity contribution in [2.45, 2.75) is 0 Å². The van der Waals surface area contributed by atoms with Gasteiger partial charge in [0.1, 0.15) is 0 Å². The molecule has 124 valence electrons. The minimum absolute atomic E-state index is 0.205. The fraction of sp³-hybridized carbons (Fsp3) is 0.111. The van der Waals surface area contributed by atoms with Crippen LogP contribution >= 0.6 is 11.6 Å². The first-order valence-corrected chi connectivity index (χ1v) is 7.33. The SMILES string of the molecule is COC(=O)c1ccc(OC(=O)/C=C/c2ccc(Cl)cc2)c(OC)c1. The summed E-state index contributed by atoms with van der Waals surface area (Å²) in [6.07, 6.45) is 2.89. The molecule has 0 aromatic heterocycles. The van der Waals surface area contributed by atoms with Crippen molar-refractivity contribution in [3.63, 3.8) is 0 Å². The number of esters is 2. The van der Waals surface area contributed by atoms with Gasteiger partial charge in [-0.3, -0.25) is 0 Å². The second kappa shape index (κ2) is 8.17. The van der Waals surface area contributed by atoms with E-state index < -0.39 is 11.9 Å². The van der Waals surface area contributed by atoms with Crippen molar-refractivity contribution in [1.82, 2.24) is 0 Å². The molecular weight excluding hydrogens is 332 g/mol. The molecule has 0 saturated carbocycles. The molecule has 2 rings (SSSR count). The van der Waals surface area contributed by atoms with Crippen LogP contribution in [0.5, 0.6) is 11.5 Å². The molecule has 0 amide bonds. The fourth-order valence-corrected chi connectivity index (χ4v) is 2.00. The summed E-state index contributed by atoms with van der Waals surface area (Å²) in [4.78, 5) is 23.4. The summed E-state index contributed by atoms with van der Waals surface area (Å²) < 4.78 is 15.0. The maximum Gasteiger partial charge on any atom is 0.337 e. The molecule has 6 heteroatoms. The highest BCUT2D eigenvalue weighted by atomic mass is 35.5. The number of methoxy groups -OCH3 is 2. The maximum atomic E-state index is 11.9. The zero-order chi connectivity index (χ0) is 17.5. The van der Waals surface area contributed by atoms with Gasteiger partial charge in [-0.25, -0.2) is 9.59 Å². The molecular formula is C18H15ClO5. The van der Waals surface area contributed by atoms with Crippen LogP contribution in [-0.2, 0) is 9.53 Å². The van der Waals surface area contributed by atoms with E-state index in [1.807, 2.05) is 0 Å². The van der Waals surface area contributed by atoms with Crippen molar-refractivity contribution in [3.8, 4) is 11.5 Å². The summed E-state index contributed by atoms with van der Waals surface area (Å²) in [5, 5.41) is 0.616. The Bertz CT molecular complexity index is 765. The molecule has 0 radical (unpaired) electrons. The lowest BCUT2D eigenvalue weighted by Crippen LogP contribution is -2.07. The van der Waals surface area contributed by atoms with Gasteiger partial charge in [-0.05, 0) is 42.0 Å². The number of carbonyl (C=O) groups excluding carboxylic acids is 2. The number of hydrogen-bond acceptors (Lipinski definition) is 5. The number of hydrogen-bond donors (Lipinski definition) is 0. The molecule has 0 N–H and O–H groups in total. The highest BCUT2D eigenvalue weighted by Crippen LogP contribution is 2.28. The van der Waals surface area contributed by atoms with Gasteiger partial charge < -0.3 is 14.2 Å². The van der Waals surface area contributed by atoms with E-state index >= 15 is 0 Å². The predicted molar refractivity (Wildman–Crippen MR) is 90.5 cm³/mol. The van der Waals surface area contributed by atoms with E-state index in [-0.39, 0.29) is 11.5 Å². The Balaban J connectivity index is 2.10. The number of rotatable bonds is 5. The Labute approximate surface area is 144 Å². The van der Waals surface area contributed by atoms with Gasteiger partial charge in [0.2, 0.25) is 0 Å². The fourth-order valence-electron chi connectivity index (χ4n) is 1.88. The molecule has 0 heterocycles. The molecule has 0 aliphatic carbocycles. The molecule has 5 nitrogen and oxygen atoms in total. The molecule has 24 heavy (non-hydrogen) atoms. The van der Waals surface area contributed by atoms with Crippen LogP contribution in [0.3, 0.4) is 0 Å². The summed E-state index contributed by atoms with van der Waals surface area (Å²) in [6.45, 7) is 0. The number of halogens is 1. The minimum Gasteiger partial charge on any atom is -0.493 e. The summed E-state index contributed by atoms with van der Waals surface area (Å²) in [5.74, 6) is -0.620. The van der Waals surface area contributed by atoms with Crippen LogP contribution in [0.25, 0.3) is 6.08 Å². The highest BCUT2D eigenvalue weighted by molar-refractivity contribution is 6.30. The van der Waals surface area contributed by atoms with Crippen LogP contribution in [0, 0.1) is 0 Å². The molecule has 0 aliphatic heterocycles. The number of ether oxygens (including phenoxy) is 3. The van der Waals surface area contributed by atoms with E-state index in [1.54, 1.807) is 30.3 Å². The summed E-state index contributed by atoms with van der Waals surface area (Å²) in [6, 6.07) is 11.4. The largest absolute Gasteiger partial charge is 0.493 e. The Morgan fingerprint density at radius 3 is 2.33 bits per heavy atom. The summed E-state index contributed by atoms with van der Waals surface area (Å²) >= 11 is 5.80. The average molecular weight is 347 g/mol. The van der Waals surface area contributed by atoms with Crippen LogP contribution in [0.2, 0.25) is 5.02 Å². The smallest absolute Gasteiger partial charge is 0.337 e. The Hall–Kier alpha value is -2.79. The summed E-state index contributed by atoms with van der Waals surface area (Å²) in [5.41, 5.74) is 1.11. The van der Waals surface area contributed by atoms with Crippen LogP contribution in [-0.4, -0.2) is 26.2 Å². The molecule has 0 unspecified atom stereocenters. The topological polar surface area (TPSA) is 61.8 Å². The van der Waals surface area contributed by atoms with Crippen molar-refractivity contribution in [2.75, 3.05) is 14.2 Å². The Morgan fingerprint density at radius 2 is 1.71 bits per heavy atom. The standard InChI is InChI=1S/C18H15ClO5/c1-22-16-11-13(18(21)23-2)6-9-15(16)24-17(20)10-5-12-3-7-14(19)8-4-12/h3-11H,1-2H3/b10-5+. The third-order valence-electron chi connectivity index (χ3n) is 3.08. The van der Waals surface area contributed by atoms with Gasteiger partial charge >= 0.3 is 11.9 Å². The van der Waals surface area contributed by atoms with Crippen LogP contribution in [0.4, 0.5) is 0 Å². The lowest BCUT2D eigenvalue weighted by atomic mass is 10.2. The van der Waals surface area contributed by atoms with Crippen molar-refractivity contribution < 1.29 is 23.8 Å². The van der Waals surface area contributed by atoms with Gasteiger partial charge in [0.05, 0.1) is 19.8 Å². The van der Waals surface area contributed by atoms with Gasteiger partial charge in [0, 0.05) is 11.1 Å². The van der Waals surface area contributed by atoms with Crippen molar-refractivity contribution in [2.24, 2.45) is 0 Å². The van der Waals surface area contributed by atoms with E-state index in [1.165, 1.54) is 38.5 Å². The van der Waals surface area contributed by atoms with E-state index in [4.69, 9.17) is 21.1 Å². The van der Waals surface area contributed by atoms with Crippen LogP contribution in [0.15, 0.2) is 48.5 Å². The Kier molecular flexibility index (Phi) is 5.98. The molecule has 0 saturated heterocycles. The van der Waals surface area contributed by atoms with Crippen molar-refractivity contribution >= 4 is 29.6 Å². The van der Waals surface area contributed by atoms with Crippen LogP contribution in [0.1, 0.15) is 15.9 Å². The predicted octanol–water partition coefficient (Wildman–Crippen LogP) is 3.75. The molecule has 2 aromatic carbocycles. The third kappa shape index (κ3) is 4.60. The number of carbonyl (C=O) groups is 2. The molecule has 0 aliphatic rings. The van der Waals surface area contributed by atoms with E-state index in [9.17, 15) is 9.59 Å². The first kappa shape index (κ1) is 17.6. The van der Waals surface area contributed by atoms with Gasteiger partial charge in [-0.1, -0.05) is 23.7 Å². The van der Waals surface area contributed by atoms with E-state index in [2.05, 4.69) is 4.74 Å². The quantitative estimate of drug-likeness (QED) is 0.468. The molecule has 0 spiro atoms. The lowest BCUT2D eigenvalue weighted by molar-refractivity contribution is -0.129. The van der Waals surface area contributed by atoms with Crippen molar-refractivity contribution in [3.05, 3.63) is 64.7 Å². The van der Waals surface area contributed by atoms with E-state index in [0.29, 0.717) is 10.6 Å². The first-order chi connectivity index (χ1) is 11.5. The van der Waals surface area contributed by atoms with E-state index in [0.717, 1.165) is 5.56 Å². The minimum atomic E-state index is -0.575. The first-order valence-electron chi connectivity index (χ1n) is 6.95. The van der Waals surface area contributed by atoms with Gasteiger partial charge in [0.25, 0.3) is 0 Å².